The second-order valence-electron chi connectivity index (χ2n) is 8.08. The number of nitrogens with zero attached hydrogens (tertiary/aromatic N) is 2. The molecular weight excluding hydrogens is 436 g/mol. The van der Waals surface area contributed by atoms with Crippen LogP contribution >= 0.6 is 11.6 Å². The molecule has 0 radical (unpaired) electrons. The Balaban J connectivity index is 1.75. The van der Waals surface area contributed by atoms with E-state index in [-0.39, 0.29) is 0 Å². The minimum Gasteiger partial charge on any atom is -0.310 e. The molecule has 0 aliphatic heterocycles. The van der Waals surface area contributed by atoms with E-state index in [9.17, 15) is 0 Å². The SMILES string of the molecule is Cc1c(N(c2ccccc2)c2ccccc2)cc(Cl)cc1N(c1ccccc1)c1ccccc1. The fraction of sp³-hybridized carbons (Fsp3) is 0.0323. The van der Waals surface area contributed by atoms with Crippen LogP contribution in [0.4, 0.5) is 34.1 Å². The van der Waals surface area contributed by atoms with E-state index >= 15 is 0 Å². The van der Waals surface area contributed by atoms with Crippen LogP contribution in [0.2, 0.25) is 5.02 Å². The molecule has 0 aromatic heterocycles. The third kappa shape index (κ3) is 4.41. The molecule has 0 saturated heterocycles. The van der Waals surface area contributed by atoms with Crippen LogP contribution in [0.3, 0.4) is 0 Å². The highest BCUT2D eigenvalue weighted by atomic mass is 35.5. The van der Waals surface area contributed by atoms with E-state index in [1.165, 1.54) is 0 Å². The van der Waals surface area contributed by atoms with Gasteiger partial charge in [-0.3, -0.25) is 0 Å². The van der Waals surface area contributed by atoms with Crippen molar-refractivity contribution >= 4 is 45.7 Å². The minimum atomic E-state index is 0.685. The highest BCUT2D eigenvalue weighted by Crippen LogP contribution is 2.45. The Hall–Kier alpha value is -4.01. The fourth-order valence-electron chi connectivity index (χ4n) is 4.28. The van der Waals surface area contributed by atoms with Gasteiger partial charge in [-0.1, -0.05) is 84.4 Å². The van der Waals surface area contributed by atoms with Crippen LogP contribution in [0.25, 0.3) is 0 Å². The Kier molecular flexibility index (Phi) is 6.33. The van der Waals surface area contributed by atoms with Gasteiger partial charge in [-0.05, 0) is 73.2 Å². The molecule has 0 spiro atoms. The van der Waals surface area contributed by atoms with Gasteiger partial charge in [0.25, 0.3) is 0 Å². The summed E-state index contributed by atoms with van der Waals surface area (Å²) in [5.74, 6) is 0. The lowest BCUT2D eigenvalue weighted by Crippen LogP contribution is -2.15. The molecule has 0 aliphatic carbocycles. The summed E-state index contributed by atoms with van der Waals surface area (Å²) >= 11 is 6.81. The zero-order chi connectivity index (χ0) is 23.3. The topological polar surface area (TPSA) is 6.48 Å². The molecule has 0 unspecified atom stereocenters. The van der Waals surface area contributed by atoms with Gasteiger partial charge in [0.2, 0.25) is 0 Å². The van der Waals surface area contributed by atoms with Crippen LogP contribution in [0, 0.1) is 6.92 Å². The summed E-state index contributed by atoms with van der Waals surface area (Å²) in [6.07, 6.45) is 0. The first kappa shape index (κ1) is 21.8. The van der Waals surface area contributed by atoms with E-state index in [1.54, 1.807) is 0 Å². The second kappa shape index (κ2) is 9.86. The second-order valence-corrected chi connectivity index (χ2v) is 8.52. The van der Waals surface area contributed by atoms with Gasteiger partial charge < -0.3 is 9.80 Å². The quantitative estimate of drug-likeness (QED) is 0.249. The molecular formula is C31H25ClN2. The summed E-state index contributed by atoms with van der Waals surface area (Å²) in [6, 6.07) is 45.7. The predicted octanol–water partition coefficient (Wildman–Crippen LogP) is 9.59. The number of anilines is 6. The number of halogens is 1. The summed E-state index contributed by atoms with van der Waals surface area (Å²) in [6.45, 7) is 2.17. The zero-order valence-electron chi connectivity index (χ0n) is 19.0. The number of hydrogen-bond acceptors (Lipinski definition) is 2. The molecule has 0 amide bonds. The molecule has 0 aliphatic rings. The van der Waals surface area contributed by atoms with Crippen molar-refractivity contribution in [3.8, 4) is 0 Å². The van der Waals surface area contributed by atoms with Crippen molar-refractivity contribution in [2.75, 3.05) is 9.80 Å². The van der Waals surface area contributed by atoms with Crippen LogP contribution in [0.5, 0.6) is 0 Å². The molecule has 2 nitrogen and oxygen atoms in total. The van der Waals surface area contributed by atoms with Crippen molar-refractivity contribution in [1.29, 1.82) is 0 Å². The van der Waals surface area contributed by atoms with Gasteiger partial charge in [-0.25, -0.2) is 0 Å². The van der Waals surface area contributed by atoms with Crippen LogP contribution in [-0.4, -0.2) is 0 Å². The average molecular weight is 461 g/mol. The van der Waals surface area contributed by atoms with Crippen molar-refractivity contribution in [2.24, 2.45) is 0 Å². The maximum atomic E-state index is 6.81. The van der Waals surface area contributed by atoms with Crippen LogP contribution in [-0.2, 0) is 0 Å². The Bertz CT molecular complexity index is 1170. The molecule has 34 heavy (non-hydrogen) atoms. The highest BCUT2D eigenvalue weighted by molar-refractivity contribution is 6.31. The highest BCUT2D eigenvalue weighted by Gasteiger charge is 2.21. The molecule has 0 saturated carbocycles. The van der Waals surface area contributed by atoms with Crippen molar-refractivity contribution in [3.63, 3.8) is 0 Å². The van der Waals surface area contributed by atoms with Gasteiger partial charge in [0.15, 0.2) is 0 Å². The van der Waals surface area contributed by atoms with E-state index in [4.69, 9.17) is 11.6 Å². The van der Waals surface area contributed by atoms with Gasteiger partial charge in [0, 0.05) is 27.8 Å². The Labute approximate surface area is 206 Å². The van der Waals surface area contributed by atoms with Gasteiger partial charge in [-0.2, -0.15) is 0 Å². The lowest BCUT2D eigenvalue weighted by atomic mass is 10.1. The average Bonchev–Trinajstić information content (AvgIpc) is 2.89. The molecule has 5 aromatic rings. The summed E-state index contributed by atoms with van der Waals surface area (Å²) < 4.78 is 0. The van der Waals surface area contributed by atoms with Crippen LogP contribution in [0.1, 0.15) is 5.56 Å². The van der Waals surface area contributed by atoms with E-state index in [1.807, 2.05) is 24.3 Å². The van der Waals surface area contributed by atoms with E-state index < -0.39 is 0 Å². The molecule has 0 fully saturated rings. The fourth-order valence-corrected chi connectivity index (χ4v) is 4.48. The maximum Gasteiger partial charge on any atom is 0.0526 e. The summed E-state index contributed by atoms with van der Waals surface area (Å²) in [5, 5.41) is 0.685. The van der Waals surface area contributed by atoms with Crippen LogP contribution < -0.4 is 9.80 Å². The molecule has 5 aromatic carbocycles. The predicted molar refractivity (Wildman–Crippen MR) is 146 cm³/mol. The normalized spacial score (nSPS) is 10.6. The molecule has 5 rings (SSSR count). The lowest BCUT2D eigenvalue weighted by molar-refractivity contribution is 1.21. The monoisotopic (exact) mass is 460 g/mol. The van der Waals surface area contributed by atoms with Crippen LogP contribution in [0.15, 0.2) is 133 Å². The number of rotatable bonds is 6. The van der Waals surface area contributed by atoms with Crippen molar-refractivity contribution in [3.05, 3.63) is 144 Å². The molecule has 166 valence electrons. The Morgan fingerprint density at radius 2 is 0.706 bits per heavy atom. The Morgan fingerprint density at radius 1 is 0.441 bits per heavy atom. The van der Waals surface area contributed by atoms with Crippen molar-refractivity contribution < 1.29 is 0 Å². The van der Waals surface area contributed by atoms with Gasteiger partial charge in [0.1, 0.15) is 0 Å². The summed E-state index contributed by atoms with van der Waals surface area (Å²) in [4.78, 5) is 4.53. The van der Waals surface area contributed by atoms with Gasteiger partial charge >= 0.3 is 0 Å². The number of hydrogen-bond donors (Lipinski definition) is 0. The summed E-state index contributed by atoms with van der Waals surface area (Å²) in [5.41, 5.74) is 7.53. The zero-order valence-corrected chi connectivity index (χ0v) is 19.7. The lowest BCUT2D eigenvalue weighted by Gasteiger charge is -2.32. The largest absolute Gasteiger partial charge is 0.310 e. The summed E-state index contributed by atoms with van der Waals surface area (Å²) in [7, 11) is 0. The van der Waals surface area contributed by atoms with Gasteiger partial charge in [-0.15, -0.1) is 0 Å². The Morgan fingerprint density at radius 3 is 0.971 bits per heavy atom. The molecule has 0 heterocycles. The number of para-hydroxylation sites is 4. The number of benzene rings is 5. The van der Waals surface area contributed by atoms with E-state index in [0.717, 1.165) is 39.7 Å². The van der Waals surface area contributed by atoms with Crippen molar-refractivity contribution in [2.45, 2.75) is 6.92 Å². The standard InChI is InChI=1S/C31H25ClN2/c1-24-30(33(26-14-6-2-7-15-26)27-16-8-3-9-17-27)22-25(32)23-31(24)34(28-18-10-4-11-19-28)29-20-12-5-13-21-29/h2-23H,1H3. The van der Waals surface area contributed by atoms with Crippen molar-refractivity contribution in [1.82, 2.24) is 0 Å². The van der Waals surface area contributed by atoms with E-state index in [0.29, 0.717) is 5.02 Å². The first-order valence-corrected chi connectivity index (χ1v) is 11.7. The maximum absolute atomic E-state index is 6.81. The first-order valence-electron chi connectivity index (χ1n) is 11.3. The molecule has 0 bridgehead atoms. The molecule has 0 N–H and O–H groups in total. The van der Waals surface area contributed by atoms with Gasteiger partial charge in [0.05, 0.1) is 11.4 Å². The third-order valence-electron chi connectivity index (χ3n) is 5.86. The smallest absolute Gasteiger partial charge is 0.0526 e. The first-order chi connectivity index (χ1) is 16.7. The van der Waals surface area contributed by atoms with E-state index in [2.05, 4.69) is 126 Å². The molecule has 0 atom stereocenters. The minimum absolute atomic E-state index is 0.685. The third-order valence-corrected chi connectivity index (χ3v) is 6.08. The molecule has 3 heteroatoms.